The average molecular weight is 278 g/mol. The van der Waals surface area contributed by atoms with Crippen molar-refractivity contribution in [3.8, 4) is 0 Å². The summed E-state index contributed by atoms with van der Waals surface area (Å²) in [5.74, 6) is -0.00800. The second-order valence-electron chi connectivity index (χ2n) is 6.00. The summed E-state index contributed by atoms with van der Waals surface area (Å²) < 4.78 is 0. The van der Waals surface area contributed by atoms with E-state index in [4.69, 9.17) is 11.5 Å². The summed E-state index contributed by atoms with van der Waals surface area (Å²) in [6.45, 7) is 7.35. The van der Waals surface area contributed by atoms with Crippen molar-refractivity contribution in [3.05, 3.63) is 17.8 Å². The largest absolute Gasteiger partial charge is 0.397 e. The second kappa shape index (κ2) is 7.12. The molecule has 0 saturated heterocycles. The topological polar surface area (TPSA) is 94.0 Å². The molecule has 0 fully saturated rings. The van der Waals surface area contributed by atoms with Gasteiger partial charge in [-0.2, -0.15) is 0 Å². The number of nitrogens with one attached hydrogen (secondary N) is 1. The minimum Gasteiger partial charge on any atom is -0.397 e. The van der Waals surface area contributed by atoms with Gasteiger partial charge in [0.25, 0.3) is 5.91 Å². The molecule has 5 heteroatoms. The molecule has 1 heterocycles. The number of nitrogen functional groups attached to an aromatic ring is 1. The smallest absolute Gasteiger partial charge is 0.252 e. The van der Waals surface area contributed by atoms with Gasteiger partial charge in [0, 0.05) is 6.54 Å². The summed E-state index contributed by atoms with van der Waals surface area (Å²) in [6.07, 6.45) is 6.33. The van der Waals surface area contributed by atoms with Crippen LogP contribution in [0, 0.1) is 5.41 Å². The van der Waals surface area contributed by atoms with Crippen LogP contribution in [0.5, 0.6) is 0 Å². The van der Waals surface area contributed by atoms with Crippen molar-refractivity contribution in [2.75, 3.05) is 17.6 Å². The van der Waals surface area contributed by atoms with E-state index in [1.807, 2.05) is 0 Å². The van der Waals surface area contributed by atoms with E-state index in [0.717, 1.165) is 13.0 Å². The first-order chi connectivity index (χ1) is 9.35. The molecular formula is C15H26N4O. The molecule has 5 N–H and O–H groups in total. The van der Waals surface area contributed by atoms with Crippen molar-refractivity contribution in [2.45, 2.75) is 46.5 Å². The summed E-state index contributed by atoms with van der Waals surface area (Å²) >= 11 is 0. The molecule has 1 rings (SSSR count). The van der Waals surface area contributed by atoms with E-state index in [9.17, 15) is 4.79 Å². The zero-order chi connectivity index (χ0) is 15.2. The third-order valence-corrected chi connectivity index (χ3v) is 3.37. The molecule has 0 spiro atoms. The standard InChI is InChI=1S/C15H26N4O/c1-4-5-6-7-15(2,3)10-19-14-12(13(17)20)8-11(16)9-18-14/h8-9H,4-7,10,16H2,1-3H3,(H2,17,20)(H,18,19). The molecule has 0 saturated carbocycles. The van der Waals surface area contributed by atoms with Crippen LogP contribution in [0.1, 0.15) is 56.8 Å². The normalized spacial score (nSPS) is 11.3. The van der Waals surface area contributed by atoms with Gasteiger partial charge in [-0.05, 0) is 17.9 Å². The molecule has 1 aromatic heterocycles. The monoisotopic (exact) mass is 278 g/mol. The number of anilines is 2. The first-order valence-electron chi connectivity index (χ1n) is 7.15. The summed E-state index contributed by atoms with van der Waals surface area (Å²) in [4.78, 5) is 15.6. The van der Waals surface area contributed by atoms with Gasteiger partial charge in [-0.3, -0.25) is 4.79 Å². The highest BCUT2D eigenvalue weighted by molar-refractivity contribution is 5.98. The van der Waals surface area contributed by atoms with E-state index in [0.29, 0.717) is 17.1 Å². The SMILES string of the molecule is CCCCCC(C)(C)CNc1ncc(N)cc1C(N)=O. The Morgan fingerprint density at radius 3 is 2.70 bits per heavy atom. The number of rotatable bonds is 8. The first kappa shape index (κ1) is 16.3. The van der Waals surface area contributed by atoms with Crippen LogP contribution in [-0.2, 0) is 0 Å². The van der Waals surface area contributed by atoms with Gasteiger partial charge in [-0.15, -0.1) is 0 Å². The van der Waals surface area contributed by atoms with Gasteiger partial charge in [0.05, 0.1) is 17.4 Å². The highest BCUT2D eigenvalue weighted by atomic mass is 16.1. The third kappa shape index (κ3) is 5.07. The lowest BCUT2D eigenvalue weighted by atomic mass is 9.87. The van der Waals surface area contributed by atoms with Gasteiger partial charge in [0.2, 0.25) is 0 Å². The number of nitrogens with two attached hydrogens (primary N) is 2. The Balaban J connectivity index is 2.67. The maximum Gasteiger partial charge on any atom is 0.252 e. The lowest BCUT2D eigenvalue weighted by Crippen LogP contribution is -2.25. The Labute approximate surface area is 121 Å². The molecule has 0 aliphatic heterocycles. The first-order valence-corrected chi connectivity index (χ1v) is 7.15. The van der Waals surface area contributed by atoms with Gasteiger partial charge in [0.1, 0.15) is 5.82 Å². The molecule has 0 radical (unpaired) electrons. The Morgan fingerprint density at radius 2 is 2.10 bits per heavy atom. The van der Waals surface area contributed by atoms with E-state index in [2.05, 4.69) is 31.1 Å². The fourth-order valence-corrected chi connectivity index (χ4v) is 2.07. The van der Waals surface area contributed by atoms with Crippen molar-refractivity contribution in [1.82, 2.24) is 4.98 Å². The number of nitrogens with zero attached hydrogens (tertiary/aromatic N) is 1. The van der Waals surface area contributed by atoms with E-state index in [1.54, 1.807) is 6.07 Å². The predicted molar refractivity (Wildman–Crippen MR) is 83.6 cm³/mol. The predicted octanol–water partition coefficient (Wildman–Crippen LogP) is 2.78. The Bertz CT molecular complexity index is 457. The quantitative estimate of drug-likeness (QED) is 0.637. The van der Waals surface area contributed by atoms with Gasteiger partial charge in [-0.1, -0.05) is 40.0 Å². The minimum atomic E-state index is -0.518. The summed E-state index contributed by atoms with van der Waals surface area (Å²) in [6, 6.07) is 1.56. The lowest BCUT2D eigenvalue weighted by Gasteiger charge is -2.25. The summed E-state index contributed by atoms with van der Waals surface area (Å²) in [7, 11) is 0. The molecule has 0 aliphatic rings. The molecule has 1 aromatic rings. The number of carbonyl (C=O) groups is 1. The number of hydrogen-bond donors (Lipinski definition) is 3. The number of pyridine rings is 1. The fourth-order valence-electron chi connectivity index (χ4n) is 2.07. The van der Waals surface area contributed by atoms with Crippen molar-refractivity contribution in [3.63, 3.8) is 0 Å². The molecular weight excluding hydrogens is 252 g/mol. The minimum absolute atomic E-state index is 0.146. The molecule has 1 amide bonds. The second-order valence-corrected chi connectivity index (χ2v) is 6.00. The van der Waals surface area contributed by atoms with Gasteiger partial charge in [-0.25, -0.2) is 4.98 Å². The molecule has 112 valence electrons. The van der Waals surface area contributed by atoms with Crippen LogP contribution >= 0.6 is 0 Å². The molecule has 20 heavy (non-hydrogen) atoms. The molecule has 0 aliphatic carbocycles. The maximum absolute atomic E-state index is 11.4. The van der Waals surface area contributed by atoms with Crippen molar-refractivity contribution < 1.29 is 4.79 Å². The summed E-state index contributed by atoms with van der Waals surface area (Å²) in [5.41, 5.74) is 11.9. The van der Waals surface area contributed by atoms with Crippen molar-refractivity contribution in [1.29, 1.82) is 0 Å². The van der Waals surface area contributed by atoms with Gasteiger partial charge < -0.3 is 16.8 Å². The van der Waals surface area contributed by atoms with Crippen LogP contribution in [0.25, 0.3) is 0 Å². The van der Waals surface area contributed by atoms with E-state index in [1.165, 1.54) is 25.5 Å². The number of carbonyl (C=O) groups excluding carboxylic acids is 1. The number of hydrogen-bond acceptors (Lipinski definition) is 4. The van der Waals surface area contributed by atoms with Gasteiger partial charge in [0.15, 0.2) is 0 Å². The van der Waals surface area contributed by atoms with E-state index in [-0.39, 0.29) is 5.41 Å². The van der Waals surface area contributed by atoms with Crippen LogP contribution in [0.3, 0.4) is 0 Å². The number of unbranched alkanes of at least 4 members (excludes halogenated alkanes) is 2. The van der Waals surface area contributed by atoms with Crippen molar-refractivity contribution >= 4 is 17.4 Å². The zero-order valence-corrected chi connectivity index (χ0v) is 12.7. The Morgan fingerprint density at radius 1 is 1.40 bits per heavy atom. The highest BCUT2D eigenvalue weighted by Crippen LogP contribution is 2.25. The van der Waals surface area contributed by atoms with Crippen LogP contribution in [0.15, 0.2) is 12.3 Å². The van der Waals surface area contributed by atoms with Gasteiger partial charge >= 0.3 is 0 Å². The van der Waals surface area contributed by atoms with Crippen LogP contribution in [0.4, 0.5) is 11.5 Å². The number of amides is 1. The average Bonchev–Trinajstić information content (AvgIpc) is 2.37. The molecule has 5 nitrogen and oxygen atoms in total. The number of aromatic nitrogens is 1. The fraction of sp³-hybridized carbons (Fsp3) is 0.600. The van der Waals surface area contributed by atoms with E-state index >= 15 is 0 Å². The van der Waals surface area contributed by atoms with Crippen molar-refractivity contribution in [2.24, 2.45) is 11.1 Å². The Kier molecular flexibility index (Phi) is 5.80. The highest BCUT2D eigenvalue weighted by Gasteiger charge is 2.19. The third-order valence-electron chi connectivity index (χ3n) is 3.37. The molecule has 0 aromatic carbocycles. The molecule has 0 atom stereocenters. The Hall–Kier alpha value is -1.78. The van der Waals surface area contributed by atoms with Crippen LogP contribution in [0.2, 0.25) is 0 Å². The van der Waals surface area contributed by atoms with E-state index < -0.39 is 5.91 Å². The maximum atomic E-state index is 11.4. The van der Waals surface area contributed by atoms with Crippen LogP contribution in [-0.4, -0.2) is 17.4 Å². The molecule has 0 bridgehead atoms. The van der Waals surface area contributed by atoms with Crippen LogP contribution < -0.4 is 16.8 Å². The number of primary amides is 1. The molecule has 0 unspecified atom stereocenters. The summed E-state index contributed by atoms with van der Waals surface area (Å²) in [5, 5.41) is 3.22. The zero-order valence-electron chi connectivity index (χ0n) is 12.7. The lowest BCUT2D eigenvalue weighted by molar-refractivity contribution is 0.100.